The number of aromatic nitrogens is 2. The smallest absolute Gasteiger partial charge is 0.162 e. The van der Waals surface area contributed by atoms with E-state index in [0.717, 1.165) is 33.4 Å². The van der Waals surface area contributed by atoms with Crippen molar-refractivity contribution in [2.45, 2.75) is 23.3 Å². The van der Waals surface area contributed by atoms with Crippen molar-refractivity contribution < 1.29 is 9.47 Å². The minimum absolute atomic E-state index is 0.544. The van der Waals surface area contributed by atoms with Gasteiger partial charge >= 0.3 is 0 Å². The predicted molar refractivity (Wildman–Crippen MR) is 77.4 cm³/mol. The number of ether oxygens (including phenoxy) is 2. The Kier molecular flexibility index (Phi) is 3.64. The van der Waals surface area contributed by atoms with Crippen molar-refractivity contribution in [3.63, 3.8) is 0 Å². The quantitative estimate of drug-likeness (QED) is 0.876. The fourth-order valence-corrected chi connectivity index (χ4v) is 3.03. The fraction of sp³-hybridized carbons (Fsp3) is 0.286. The first-order valence-electron chi connectivity index (χ1n) is 6.44. The van der Waals surface area contributed by atoms with Gasteiger partial charge in [-0.15, -0.1) is 0 Å². The maximum Gasteiger partial charge on any atom is 0.162 e. The Morgan fingerprint density at radius 3 is 2.80 bits per heavy atom. The molecule has 0 bridgehead atoms. The van der Waals surface area contributed by atoms with Gasteiger partial charge in [-0.2, -0.15) is 0 Å². The third-order valence-electron chi connectivity index (χ3n) is 3.02. The van der Waals surface area contributed by atoms with E-state index in [1.54, 1.807) is 11.8 Å². The second-order valence-electron chi connectivity index (χ2n) is 4.30. The summed E-state index contributed by atoms with van der Waals surface area (Å²) >= 11 is 1.56. The van der Waals surface area contributed by atoms with E-state index >= 15 is 0 Å². The van der Waals surface area contributed by atoms with Gasteiger partial charge in [-0.3, -0.25) is 0 Å². The van der Waals surface area contributed by atoms with E-state index in [4.69, 9.17) is 15.2 Å². The van der Waals surface area contributed by atoms with E-state index in [1.807, 2.05) is 25.1 Å². The molecule has 0 radical (unpaired) electrons. The van der Waals surface area contributed by atoms with Gasteiger partial charge in [0.05, 0.1) is 0 Å². The number of hydrogen-bond donors (Lipinski definition) is 1. The molecule has 0 spiro atoms. The van der Waals surface area contributed by atoms with Crippen LogP contribution < -0.4 is 15.2 Å². The summed E-state index contributed by atoms with van der Waals surface area (Å²) in [7, 11) is 0. The molecule has 2 heterocycles. The van der Waals surface area contributed by atoms with Crippen molar-refractivity contribution in [3.05, 3.63) is 30.1 Å². The average Bonchev–Trinajstić information content (AvgIpc) is 2.47. The summed E-state index contributed by atoms with van der Waals surface area (Å²) in [6.07, 6.45) is 2.30. The predicted octanol–water partition coefficient (Wildman–Crippen LogP) is 2.54. The highest BCUT2D eigenvalue weighted by atomic mass is 32.2. The number of rotatable bonds is 3. The van der Waals surface area contributed by atoms with Crippen LogP contribution in [0, 0.1) is 0 Å². The molecule has 0 amide bonds. The Bertz CT molecular complexity index is 634. The van der Waals surface area contributed by atoms with E-state index < -0.39 is 0 Å². The van der Waals surface area contributed by atoms with Gasteiger partial charge in [-0.25, -0.2) is 9.97 Å². The molecule has 0 saturated carbocycles. The van der Waals surface area contributed by atoms with Crippen LogP contribution in [-0.4, -0.2) is 23.2 Å². The van der Waals surface area contributed by atoms with E-state index in [0.29, 0.717) is 19.0 Å². The molecular formula is C14H15N3O2S. The van der Waals surface area contributed by atoms with Crippen LogP contribution in [-0.2, 0) is 6.42 Å². The summed E-state index contributed by atoms with van der Waals surface area (Å²) in [4.78, 5) is 9.39. The van der Waals surface area contributed by atoms with Crippen LogP contribution >= 0.6 is 11.8 Å². The molecule has 3 rings (SSSR count). The Hall–Kier alpha value is -1.95. The summed E-state index contributed by atoms with van der Waals surface area (Å²) in [5, 5.41) is 0.886. The van der Waals surface area contributed by atoms with Gasteiger partial charge < -0.3 is 15.2 Å². The Morgan fingerprint density at radius 1 is 1.20 bits per heavy atom. The lowest BCUT2D eigenvalue weighted by Crippen LogP contribution is -2.15. The lowest BCUT2D eigenvalue weighted by atomic mass is 10.2. The first kappa shape index (κ1) is 13.1. The van der Waals surface area contributed by atoms with E-state index in [9.17, 15) is 0 Å². The van der Waals surface area contributed by atoms with Crippen molar-refractivity contribution in [3.8, 4) is 11.5 Å². The zero-order chi connectivity index (χ0) is 13.9. The summed E-state index contributed by atoms with van der Waals surface area (Å²) in [5.74, 6) is 2.11. The molecule has 5 nitrogen and oxygen atoms in total. The van der Waals surface area contributed by atoms with E-state index in [1.165, 1.54) is 6.33 Å². The van der Waals surface area contributed by atoms with Crippen LogP contribution in [0.2, 0.25) is 0 Å². The molecule has 20 heavy (non-hydrogen) atoms. The molecule has 1 aliphatic rings. The summed E-state index contributed by atoms with van der Waals surface area (Å²) < 4.78 is 11.1. The lowest BCUT2D eigenvalue weighted by Gasteiger charge is -2.18. The van der Waals surface area contributed by atoms with Crippen molar-refractivity contribution in [2.75, 3.05) is 18.9 Å². The zero-order valence-electron chi connectivity index (χ0n) is 11.1. The standard InChI is InChI=1S/C14H15N3O2S/c1-2-10-13(15)16-8-17-14(10)20-9-3-4-11-12(7-9)19-6-5-18-11/h3-4,7-8H,2,5-6H2,1H3,(H2,15,16,17). The minimum Gasteiger partial charge on any atom is -0.486 e. The Morgan fingerprint density at radius 2 is 2.00 bits per heavy atom. The summed E-state index contributed by atoms with van der Waals surface area (Å²) in [6.45, 7) is 3.23. The van der Waals surface area contributed by atoms with Gasteiger partial charge in [0.1, 0.15) is 30.4 Å². The second kappa shape index (κ2) is 5.58. The third-order valence-corrected chi connectivity index (χ3v) is 4.06. The normalized spacial score (nSPS) is 13.2. The van der Waals surface area contributed by atoms with Gasteiger partial charge in [0, 0.05) is 10.5 Å². The number of nitrogen functional groups attached to an aromatic ring is 1. The maximum absolute atomic E-state index is 5.89. The summed E-state index contributed by atoms with van der Waals surface area (Å²) in [5.41, 5.74) is 6.87. The van der Waals surface area contributed by atoms with Crippen molar-refractivity contribution in [2.24, 2.45) is 0 Å². The van der Waals surface area contributed by atoms with Crippen LogP contribution in [0.4, 0.5) is 5.82 Å². The molecular weight excluding hydrogens is 274 g/mol. The van der Waals surface area contributed by atoms with E-state index in [2.05, 4.69) is 9.97 Å². The molecule has 1 aliphatic heterocycles. The van der Waals surface area contributed by atoms with Crippen LogP contribution in [0.3, 0.4) is 0 Å². The number of nitrogens with two attached hydrogens (primary N) is 1. The molecule has 0 unspecified atom stereocenters. The molecule has 2 N–H and O–H groups in total. The van der Waals surface area contributed by atoms with Crippen molar-refractivity contribution in [1.29, 1.82) is 0 Å². The number of nitrogens with zero attached hydrogens (tertiary/aromatic N) is 2. The number of benzene rings is 1. The van der Waals surface area contributed by atoms with E-state index in [-0.39, 0.29) is 0 Å². The van der Waals surface area contributed by atoms with Crippen molar-refractivity contribution >= 4 is 17.6 Å². The topological polar surface area (TPSA) is 70.3 Å². The number of fused-ring (bicyclic) bond motifs is 1. The fourth-order valence-electron chi connectivity index (χ4n) is 2.03. The first-order valence-corrected chi connectivity index (χ1v) is 7.26. The SMILES string of the molecule is CCc1c(N)ncnc1Sc1ccc2c(c1)OCCO2. The lowest BCUT2D eigenvalue weighted by molar-refractivity contribution is 0.171. The monoisotopic (exact) mass is 289 g/mol. The third kappa shape index (κ3) is 2.51. The van der Waals surface area contributed by atoms with Gasteiger partial charge in [-0.1, -0.05) is 18.7 Å². The molecule has 0 saturated heterocycles. The molecule has 0 atom stereocenters. The zero-order valence-corrected chi connectivity index (χ0v) is 11.9. The Balaban J connectivity index is 1.90. The molecule has 1 aromatic carbocycles. The number of anilines is 1. The van der Waals surface area contributed by atoms with Gasteiger partial charge in [0.2, 0.25) is 0 Å². The van der Waals surface area contributed by atoms with Crippen molar-refractivity contribution in [1.82, 2.24) is 9.97 Å². The van der Waals surface area contributed by atoms with Crippen LogP contribution in [0.1, 0.15) is 12.5 Å². The highest BCUT2D eigenvalue weighted by Gasteiger charge is 2.14. The second-order valence-corrected chi connectivity index (χ2v) is 5.37. The number of hydrogen-bond acceptors (Lipinski definition) is 6. The highest BCUT2D eigenvalue weighted by molar-refractivity contribution is 7.99. The minimum atomic E-state index is 0.544. The molecule has 2 aromatic rings. The largest absolute Gasteiger partial charge is 0.486 e. The molecule has 6 heteroatoms. The van der Waals surface area contributed by atoms with Gasteiger partial charge in [-0.05, 0) is 24.6 Å². The maximum atomic E-state index is 5.89. The van der Waals surface area contributed by atoms with Crippen LogP contribution in [0.5, 0.6) is 11.5 Å². The van der Waals surface area contributed by atoms with Crippen LogP contribution in [0.15, 0.2) is 34.4 Å². The van der Waals surface area contributed by atoms with Gasteiger partial charge in [0.25, 0.3) is 0 Å². The molecule has 0 fully saturated rings. The van der Waals surface area contributed by atoms with Crippen LogP contribution in [0.25, 0.3) is 0 Å². The molecule has 104 valence electrons. The molecule has 1 aromatic heterocycles. The molecule has 0 aliphatic carbocycles. The Labute approximate surface area is 121 Å². The average molecular weight is 289 g/mol. The highest BCUT2D eigenvalue weighted by Crippen LogP contribution is 2.37. The summed E-state index contributed by atoms with van der Waals surface area (Å²) in [6, 6.07) is 5.89. The van der Waals surface area contributed by atoms with Gasteiger partial charge in [0.15, 0.2) is 11.5 Å². The first-order chi connectivity index (χ1) is 9.78.